The number of halogens is 2. The molecule has 0 aliphatic carbocycles. The van der Waals surface area contributed by atoms with Gasteiger partial charge in [0.15, 0.2) is 0 Å². The Morgan fingerprint density at radius 2 is 1.92 bits per heavy atom. The first kappa shape index (κ1) is 9.86. The van der Waals surface area contributed by atoms with E-state index in [0.29, 0.717) is 0 Å². The Balaban J connectivity index is 3.02. The van der Waals surface area contributed by atoms with Gasteiger partial charge >= 0.3 is 8.74 Å². The second kappa shape index (κ2) is 2.92. The molecular weight excluding hydrogens is 194 g/mol. The summed E-state index contributed by atoms with van der Waals surface area (Å²) in [4.78, 5) is 0. The van der Waals surface area contributed by atoms with E-state index in [1.165, 1.54) is 11.3 Å². The Morgan fingerprint density at radius 1 is 1.33 bits per heavy atom. The van der Waals surface area contributed by atoms with Crippen molar-refractivity contribution < 1.29 is 8.22 Å². The zero-order valence-corrected chi connectivity index (χ0v) is 9.21. The van der Waals surface area contributed by atoms with Crippen LogP contribution < -0.4 is 4.50 Å². The van der Waals surface area contributed by atoms with Gasteiger partial charge in [-0.3, -0.25) is 8.22 Å². The molecule has 0 radical (unpaired) electrons. The first-order valence-electron chi connectivity index (χ1n) is 3.77. The predicted molar refractivity (Wildman–Crippen MR) is 51.6 cm³/mol. The standard InChI is InChI=1S/C8H12F2SSi/c1-8(2,3)12(9,10)7-5-4-6-11-7/h4-6H,1-3H3. The average Bonchev–Trinajstić information content (AvgIpc) is 2.34. The molecular formula is C8H12F2SSi. The Hall–Kier alpha value is -0.223. The molecule has 4 heteroatoms. The van der Waals surface area contributed by atoms with E-state index in [1.54, 1.807) is 38.3 Å². The summed E-state index contributed by atoms with van der Waals surface area (Å²) in [6.45, 7) is 4.83. The highest BCUT2D eigenvalue weighted by atomic mass is 32.1. The fraction of sp³-hybridized carbons (Fsp3) is 0.500. The number of hydrogen-bond acceptors (Lipinski definition) is 1. The van der Waals surface area contributed by atoms with E-state index in [-0.39, 0.29) is 4.50 Å². The van der Waals surface area contributed by atoms with E-state index in [1.807, 2.05) is 0 Å². The molecule has 0 aromatic carbocycles. The Kier molecular flexibility index (Phi) is 2.40. The molecule has 0 fully saturated rings. The van der Waals surface area contributed by atoms with Crippen molar-refractivity contribution in [2.75, 3.05) is 0 Å². The molecule has 0 amide bonds. The van der Waals surface area contributed by atoms with Crippen molar-refractivity contribution in [3.8, 4) is 0 Å². The zero-order chi connectivity index (χ0) is 9.41. The molecule has 0 saturated heterocycles. The smallest absolute Gasteiger partial charge is 0.263 e. The highest BCUT2D eigenvalue weighted by Crippen LogP contribution is 2.38. The van der Waals surface area contributed by atoms with E-state index in [9.17, 15) is 8.22 Å². The summed E-state index contributed by atoms with van der Waals surface area (Å²) in [6.07, 6.45) is 0. The highest BCUT2D eigenvalue weighted by molar-refractivity contribution is 7.23. The quantitative estimate of drug-likeness (QED) is 0.489. The third-order valence-electron chi connectivity index (χ3n) is 1.77. The van der Waals surface area contributed by atoms with Crippen LogP contribution in [0.1, 0.15) is 20.8 Å². The largest absolute Gasteiger partial charge is 0.470 e. The molecule has 0 saturated carbocycles. The van der Waals surface area contributed by atoms with Crippen LogP contribution in [-0.2, 0) is 0 Å². The molecule has 1 rings (SSSR count). The van der Waals surface area contributed by atoms with E-state index in [4.69, 9.17) is 0 Å². The molecule has 68 valence electrons. The second-order valence-electron chi connectivity index (χ2n) is 3.80. The summed E-state index contributed by atoms with van der Waals surface area (Å²) < 4.78 is 27.6. The van der Waals surface area contributed by atoms with Crippen molar-refractivity contribution in [2.24, 2.45) is 0 Å². The molecule has 1 aromatic heterocycles. The molecule has 0 aliphatic rings. The summed E-state index contributed by atoms with van der Waals surface area (Å²) in [5, 5.41) is 0.847. The van der Waals surface area contributed by atoms with Gasteiger partial charge in [0, 0.05) is 5.04 Å². The van der Waals surface area contributed by atoms with Crippen LogP contribution in [-0.4, -0.2) is 8.74 Å². The van der Waals surface area contributed by atoms with Gasteiger partial charge < -0.3 is 0 Å². The molecule has 0 spiro atoms. The lowest BCUT2D eigenvalue weighted by Crippen LogP contribution is -2.45. The van der Waals surface area contributed by atoms with Crippen LogP contribution >= 0.6 is 11.3 Å². The summed E-state index contributed by atoms with van der Waals surface area (Å²) in [6, 6.07) is 3.23. The number of thiophene rings is 1. The van der Waals surface area contributed by atoms with Gasteiger partial charge in [-0.05, 0) is 11.4 Å². The van der Waals surface area contributed by atoms with Crippen molar-refractivity contribution >= 4 is 24.6 Å². The zero-order valence-electron chi connectivity index (χ0n) is 7.40. The first-order valence-corrected chi connectivity index (χ1v) is 6.41. The van der Waals surface area contributed by atoms with Gasteiger partial charge in [0.2, 0.25) is 0 Å². The van der Waals surface area contributed by atoms with Crippen molar-refractivity contribution in [2.45, 2.75) is 25.8 Å². The van der Waals surface area contributed by atoms with Gasteiger partial charge in [0.1, 0.15) is 0 Å². The minimum absolute atomic E-state index is 0.287. The third kappa shape index (κ3) is 1.59. The molecule has 1 heterocycles. The maximum atomic E-state index is 13.6. The Morgan fingerprint density at radius 3 is 2.25 bits per heavy atom. The van der Waals surface area contributed by atoms with E-state index >= 15 is 0 Å². The van der Waals surface area contributed by atoms with Crippen LogP contribution in [0.3, 0.4) is 0 Å². The summed E-state index contributed by atoms with van der Waals surface area (Å²) in [5.74, 6) is 0. The van der Waals surface area contributed by atoms with Crippen LogP contribution in [0.25, 0.3) is 0 Å². The fourth-order valence-electron chi connectivity index (χ4n) is 0.827. The van der Waals surface area contributed by atoms with Gasteiger partial charge in [-0.25, -0.2) is 0 Å². The fourth-order valence-corrected chi connectivity index (χ4v) is 4.05. The van der Waals surface area contributed by atoms with Crippen LogP contribution in [0.5, 0.6) is 0 Å². The Bertz CT molecular complexity index is 249. The molecule has 0 atom stereocenters. The number of hydrogen-bond donors (Lipinski definition) is 0. The summed E-state index contributed by atoms with van der Waals surface area (Å²) in [7, 11) is -4.21. The lowest BCUT2D eigenvalue weighted by molar-refractivity contribution is 0.521. The van der Waals surface area contributed by atoms with Gasteiger partial charge in [-0.15, -0.1) is 11.3 Å². The number of rotatable bonds is 1. The molecule has 0 unspecified atom stereocenters. The molecule has 12 heavy (non-hydrogen) atoms. The van der Waals surface area contributed by atoms with Crippen LogP contribution in [0, 0.1) is 0 Å². The van der Waals surface area contributed by atoms with Gasteiger partial charge in [0.05, 0.1) is 4.50 Å². The summed E-state index contributed by atoms with van der Waals surface area (Å²) in [5.41, 5.74) is 0. The lowest BCUT2D eigenvalue weighted by atomic mass is 10.2. The van der Waals surface area contributed by atoms with Gasteiger partial charge in [-0.2, -0.15) is 0 Å². The molecule has 1 aromatic rings. The van der Waals surface area contributed by atoms with E-state index in [0.717, 1.165) is 0 Å². The maximum absolute atomic E-state index is 13.6. The van der Waals surface area contributed by atoms with Crippen molar-refractivity contribution in [1.29, 1.82) is 0 Å². The predicted octanol–water partition coefficient (Wildman–Crippen LogP) is 3.14. The first-order chi connectivity index (χ1) is 5.36. The van der Waals surface area contributed by atoms with E-state index < -0.39 is 13.8 Å². The monoisotopic (exact) mass is 206 g/mol. The van der Waals surface area contributed by atoms with Gasteiger partial charge in [-0.1, -0.05) is 26.8 Å². The van der Waals surface area contributed by atoms with Gasteiger partial charge in [0.25, 0.3) is 0 Å². The highest BCUT2D eigenvalue weighted by Gasteiger charge is 2.50. The normalized spacial score (nSPS) is 13.4. The minimum atomic E-state index is -4.21. The average molecular weight is 206 g/mol. The third-order valence-corrected chi connectivity index (χ3v) is 6.25. The van der Waals surface area contributed by atoms with Crippen LogP contribution in [0.4, 0.5) is 8.22 Å². The SMILES string of the molecule is CC(C)(C)[Si](F)(F)c1cccs1. The summed E-state index contributed by atoms with van der Waals surface area (Å²) >= 11 is 1.17. The lowest BCUT2D eigenvalue weighted by Gasteiger charge is -2.25. The second-order valence-corrected chi connectivity index (χ2v) is 8.30. The van der Waals surface area contributed by atoms with E-state index in [2.05, 4.69) is 0 Å². The van der Waals surface area contributed by atoms with Crippen LogP contribution in [0.2, 0.25) is 5.04 Å². The molecule has 0 bridgehead atoms. The molecule has 0 nitrogen and oxygen atoms in total. The van der Waals surface area contributed by atoms with Crippen molar-refractivity contribution in [3.05, 3.63) is 17.5 Å². The molecule has 0 N–H and O–H groups in total. The molecule has 0 aliphatic heterocycles. The topological polar surface area (TPSA) is 0 Å². The van der Waals surface area contributed by atoms with Crippen molar-refractivity contribution in [3.63, 3.8) is 0 Å². The Labute approximate surface area is 76.6 Å². The van der Waals surface area contributed by atoms with Crippen LogP contribution in [0.15, 0.2) is 17.5 Å². The van der Waals surface area contributed by atoms with Crippen molar-refractivity contribution in [1.82, 2.24) is 0 Å². The maximum Gasteiger partial charge on any atom is 0.470 e. The minimum Gasteiger partial charge on any atom is -0.263 e.